The zero-order valence-electron chi connectivity index (χ0n) is 13.9. The summed E-state index contributed by atoms with van der Waals surface area (Å²) in [5, 5.41) is 10.6. The zero-order valence-corrected chi connectivity index (χ0v) is 13.9. The van der Waals surface area contributed by atoms with Gasteiger partial charge in [0, 0.05) is 13.1 Å². The quantitative estimate of drug-likeness (QED) is 0.753. The van der Waals surface area contributed by atoms with Crippen molar-refractivity contribution < 1.29 is 9.53 Å². The number of hydrogen-bond donors (Lipinski definition) is 1. The highest BCUT2D eigenvalue weighted by molar-refractivity contribution is 6.03. The average molecular weight is 351 g/mol. The molecule has 0 atom stereocenters. The molecule has 0 unspecified atom stereocenters. The Balaban J connectivity index is 1.48. The Bertz CT molecular complexity index is 874. The Hall–Kier alpha value is -3.33. The molecule has 0 aliphatic carbocycles. The van der Waals surface area contributed by atoms with Crippen LogP contribution in [0.5, 0.6) is 0 Å². The molecular formula is C17H17N7O2. The second-order valence-electron chi connectivity index (χ2n) is 5.69. The Labute approximate surface area is 149 Å². The topological polar surface area (TPSA) is 98.1 Å². The van der Waals surface area contributed by atoms with Crippen LogP contribution in [0.15, 0.2) is 48.9 Å². The summed E-state index contributed by atoms with van der Waals surface area (Å²) in [5.41, 5.74) is 1.59. The molecule has 1 saturated heterocycles. The van der Waals surface area contributed by atoms with E-state index >= 15 is 0 Å². The monoisotopic (exact) mass is 351 g/mol. The molecule has 3 aromatic rings. The van der Waals surface area contributed by atoms with Crippen LogP contribution in [0.3, 0.4) is 0 Å². The van der Waals surface area contributed by atoms with E-state index in [0.717, 1.165) is 18.8 Å². The van der Waals surface area contributed by atoms with Crippen LogP contribution < -0.4 is 10.2 Å². The lowest BCUT2D eigenvalue weighted by Gasteiger charge is -2.26. The molecule has 2 aromatic heterocycles. The van der Waals surface area contributed by atoms with Crippen LogP contribution in [0.1, 0.15) is 10.5 Å². The van der Waals surface area contributed by atoms with Gasteiger partial charge in [-0.15, -0.1) is 5.10 Å². The predicted molar refractivity (Wildman–Crippen MR) is 94.4 cm³/mol. The molecule has 0 saturated carbocycles. The molecule has 132 valence electrons. The Morgan fingerprint density at radius 3 is 2.50 bits per heavy atom. The van der Waals surface area contributed by atoms with E-state index in [-0.39, 0.29) is 5.91 Å². The van der Waals surface area contributed by atoms with E-state index in [1.165, 1.54) is 10.9 Å². The first-order valence-electron chi connectivity index (χ1n) is 8.23. The van der Waals surface area contributed by atoms with Crippen molar-refractivity contribution >= 4 is 17.5 Å². The fourth-order valence-electron chi connectivity index (χ4n) is 2.66. The van der Waals surface area contributed by atoms with Crippen molar-refractivity contribution in [2.24, 2.45) is 0 Å². The van der Waals surface area contributed by atoms with Gasteiger partial charge in [-0.3, -0.25) is 4.79 Å². The molecule has 0 spiro atoms. The maximum atomic E-state index is 12.6. The second kappa shape index (κ2) is 7.28. The maximum Gasteiger partial charge on any atom is 0.276 e. The Morgan fingerprint density at radius 2 is 1.77 bits per heavy atom. The lowest BCUT2D eigenvalue weighted by molar-refractivity contribution is 0.101. The van der Waals surface area contributed by atoms with Crippen LogP contribution in [-0.2, 0) is 4.74 Å². The van der Waals surface area contributed by atoms with Crippen molar-refractivity contribution in [3.8, 4) is 5.69 Å². The molecule has 1 fully saturated rings. The van der Waals surface area contributed by atoms with Gasteiger partial charge < -0.3 is 15.0 Å². The summed E-state index contributed by atoms with van der Waals surface area (Å²) in [4.78, 5) is 23.3. The third kappa shape index (κ3) is 3.38. The summed E-state index contributed by atoms with van der Waals surface area (Å²) in [6.45, 7) is 2.85. The average Bonchev–Trinajstić information content (AvgIpc) is 3.20. The lowest BCUT2D eigenvalue weighted by Crippen LogP contribution is -2.37. The number of rotatable bonds is 4. The van der Waals surface area contributed by atoms with E-state index in [2.05, 4.69) is 25.6 Å². The molecule has 1 aliphatic heterocycles. The number of benzene rings is 1. The number of carbonyl (C=O) groups is 1. The first kappa shape index (κ1) is 16.2. The van der Waals surface area contributed by atoms with E-state index in [4.69, 9.17) is 4.74 Å². The molecule has 9 heteroatoms. The number of carbonyl (C=O) groups excluding carboxylic acids is 1. The maximum absolute atomic E-state index is 12.6. The number of ether oxygens (including phenoxy) is 1. The molecule has 1 aromatic carbocycles. The highest BCUT2D eigenvalue weighted by Gasteiger charge is 2.16. The van der Waals surface area contributed by atoms with Crippen molar-refractivity contribution in [2.45, 2.75) is 0 Å². The van der Waals surface area contributed by atoms with Gasteiger partial charge in [-0.2, -0.15) is 0 Å². The standard InChI is InChI=1S/C17H17N7O2/c25-16(15-12-20-22-24(15)14-4-2-1-3-5-14)21-13-10-18-17(19-11-13)23-6-8-26-9-7-23/h1-5,10-12H,6-9H2,(H,21,25). The van der Waals surface area contributed by atoms with Gasteiger partial charge in [0.25, 0.3) is 5.91 Å². The van der Waals surface area contributed by atoms with Crippen LogP contribution in [0, 0.1) is 0 Å². The summed E-state index contributed by atoms with van der Waals surface area (Å²) in [7, 11) is 0. The fourth-order valence-corrected chi connectivity index (χ4v) is 2.66. The largest absolute Gasteiger partial charge is 0.378 e. The van der Waals surface area contributed by atoms with Crippen LogP contribution in [0.4, 0.5) is 11.6 Å². The first-order chi connectivity index (χ1) is 12.8. The van der Waals surface area contributed by atoms with Crippen LogP contribution in [0.2, 0.25) is 0 Å². The fraction of sp³-hybridized carbons (Fsp3) is 0.235. The molecule has 3 heterocycles. The van der Waals surface area contributed by atoms with Crippen molar-refractivity contribution in [3.05, 3.63) is 54.6 Å². The number of morpholine rings is 1. The van der Waals surface area contributed by atoms with Crippen LogP contribution in [0.25, 0.3) is 5.69 Å². The minimum absolute atomic E-state index is 0.327. The highest BCUT2D eigenvalue weighted by Crippen LogP contribution is 2.14. The van der Waals surface area contributed by atoms with Gasteiger partial charge in [0.05, 0.1) is 43.2 Å². The van der Waals surface area contributed by atoms with Crippen molar-refractivity contribution in [2.75, 3.05) is 36.5 Å². The van der Waals surface area contributed by atoms with Crippen molar-refractivity contribution in [3.63, 3.8) is 0 Å². The Kier molecular flexibility index (Phi) is 4.52. The normalized spacial score (nSPS) is 14.2. The van der Waals surface area contributed by atoms with Gasteiger partial charge in [-0.05, 0) is 12.1 Å². The van der Waals surface area contributed by atoms with Gasteiger partial charge in [-0.25, -0.2) is 14.6 Å². The predicted octanol–water partition coefficient (Wildman–Crippen LogP) is 1.15. The third-order valence-corrected chi connectivity index (χ3v) is 3.97. The van der Waals surface area contributed by atoms with E-state index in [1.54, 1.807) is 12.4 Å². The molecule has 1 amide bonds. The summed E-state index contributed by atoms with van der Waals surface area (Å²) >= 11 is 0. The summed E-state index contributed by atoms with van der Waals surface area (Å²) in [6, 6.07) is 9.35. The molecule has 0 bridgehead atoms. The first-order valence-corrected chi connectivity index (χ1v) is 8.23. The number of para-hydroxylation sites is 1. The summed E-state index contributed by atoms with van der Waals surface area (Å²) in [6.07, 6.45) is 4.60. The van der Waals surface area contributed by atoms with Gasteiger partial charge in [0.2, 0.25) is 5.95 Å². The van der Waals surface area contributed by atoms with Crippen LogP contribution >= 0.6 is 0 Å². The zero-order chi connectivity index (χ0) is 17.8. The molecule has 0 radical (unpaired) electrons. The SMILES string of the molecule is O=C(Nc1cnc(N2CCOCC2)nc1)c1cnnn1-c1ccccc1. The Morgan fingerprint density at radius 1 is 1.04 bits per heavy atom. The highest BCUT2D eigenvalue weighted by atomic mass is 16.5. The molecule has 1 N–H and O–H groups in total. The number of amides is 1. The molecule has 26 heavy (non-hydrogen) atoms. The number of anilines is 2. The van der Waals surface area contributed by atoms with E-state index in [9.17, 15) is 4.79 Å². The van der Waals surface area contributed by atoms with Crippen molar-refractivity contribution in [1.29, 1.82) is 0 Å². The number of nitrogens with zero attached hydrogens (tertiary/aromatic N) is 6. The third-order valence-electron chi connectivity index (χ3n) is 3.97. The second-order valence-corrected chi connectivity index (χ2v) is 5.69. The lowest BCUT2D eigenvalue weighted by atomic mass is 10.3. The van der Waals surface area contributed by atoms with Gasteiger partial charge in [0.1, 0.15) is 0 Å². The molecule has 4 rings (SSSR count). The minimum atomic E-state index is -0.332. The van der Waals surface area contributed by atoms with E-state index in [1.807, 2.05) is 35.2 Å². The number of hydrogen-bond acceptors (Lipinski definition) is 7. The van der Waals surface area contributed by atoms with Gasteiger partial charge in [-0.1, -0.05) is 23.4 Å². The van der Waals surface area contributed by atoms with E-state index in [0.29, 0.717) is 30.5 Å². The number of nitrogens with one attached hydrogen (secondary N) is 1. The van der Waals surface area contributed by atoms with E-state index < -0.39 is 0 Å². The van der Waals surface area contributed by atoms with Crippen molar-refractivity contribution in [1.82, 2.24) is 25.0 Å². The van der Waals surface area contributed by atoms with Crippen LogP contribution in [-0.4, -0.2) is 57.2 Å². The van der Waals surface area contributed by atoms with Gasteiger partial charge >= 0.3 is 0 Å². The summed E-state index contributed by atoms with van der Waals surface area (Å²) < 4.78 is 6.80. The smallest absolute Gasteiger partial charge is 0.276 e. The minimum Gasteiger partial charge on any atom is -0.378 e. The summed E-state index contributed by atoms with van der Waals surface area (Å²) in [5.74, 6) is 0.295. The molecule has 9 nitrogen and oxygen atoms in total. The molecular weight excluding hydrogens is 334 g/mol. The number of aromatic nitrogens is 5. The van der Waals surface area contributed by atoms with Gasteiger partial charge in [0.15, 0.2) is 5.69 Å². The molecule has 1 aliphatic rings.